The normalized spacial score (nSPS) is 19.4. The third kappa shape index (κ3) is 24.3. The van der Waals surface area contributed by atoms with Crippen LogP contribution in [-0.2, 0) is 74.7 Å². The molecule has 8 aliphatic carbocycles. The molecule has 3 N–H and O–H groups in total. The molecule has 0 atom stereocenters. The summed E-state index contributed by atoms with van der Waals surface area (Å²) in [5.74, 6) is 4.86. The largest absolute Gasteiger partial charge is 0.512 e. The molecule has 9 aromatic carbocycles. The smallest absolute Gasteiger partial charge is 0.168 e. The Bertz CT molecular complexity index is 7240. The van der Waals surface area contributed by atoms with E-state index in [0.717, 1.165) is 191 Å². The van der Waals surface area contributed by atoms with Crippen molar-refractivity contribution < 1.29 is 103 Å². The summed E-state index contributed by atoms with van der Waals surface area (Å²) in [4.78, 5) is 59.7. The fourth-order valence-corrected chi connectivity index (χ4v) is 27.9. The third-order valence-corrected chi connectivity index (χ3v) is 37.3. The summed E-state index contributed by atoms with van der Waals surface area (Å²) in [5.41, 5.74) is 16.9. The number of rotatable bonds is 18. The summed E-state index contributed by atoms with van der Waals surface area (Å²) < 4.78 is 38.4. The van der Waals surface area contributed by atoms with Gasteiger partial charge in [0.1, 0.15) is 23.0 Å². The Hall–Kier alpha value is -10.4. The average Bonchev–Trinajstić information content (AvgIpc) is 1.19. The van der Waals surface area contributed by atoms with E-state index >= 15 is 0 Å². The van der Waals surface area contributed by atoms with Crippen LogP contribution in [0.4, 0.5) is 8.78 Å². The predicted molar refractivity (Wildman–Crippen MR) is 592 cm³/mol. The number of fused-ring (bicyclic) bond motifs is 9. The zero-order valence-corrected chi connectivity index (χ0v) is 97.4. The number of pyridine rings is 5. The number of para-hydroxylation sites is 1. The molecule has 12 nitrogen and oxygen atoms in total. The molecule has 145 heavy (non-hydrogen) atoms. The summed E-state index contributed by atoms with van der Waals surface area (Å²) in [6, 6.07) is 81.1. The van der Waals surface area contributed by atoms with Crippen LogP contribution in [0.5, 0.6) is 0 Å². The molecule has 0 aliphatic heterocycles. The van der Waals surface area contributed by atoms with Gasteiger partial charge in [0.05, 0.1) is 74.8 Å². The molecule has 24 rings (SSSR count). The number of nitrogens with zero attached hydrogens (tertiary/aromatic N) is 5. The van der Waals surface area contributed by atoms with Crippen LogP contribution in [0.25, 0.3) is 142 Å². The number of aromatic nitrogens is 5. The molecule has 7 aromatic heterocycles. The maximum atomic E-state index is 14.8. The van der Waals surface area contributed by atoms with E-state index in [4.69, 9.17) is 29.5 Å². The summed E-state index contributed by atoms with van der Waals surface area (Å²) in [5, 5.41) is 41.3. The third-order valence-electron chi connectivity index (χ3n) is 30.0. The predicted octanol–water partition coefficient (Wildman–Crippen LogP) is 31.6. The maximum Gasteiger partial charge on any atom is 0.168 e. The van der Waals surface area contributed by atoms with E-state index in [2.05, 4.69) is 203 Å². The second kappa shape index (κ2) is 45.8. The Balaban J connectivity index is 0.000000143. The molecule has 0 spiro atoms. The first-order valence-electron chi connectivity index (χ1n) is 50.8. The Morgan fingerprint density at radius 1 is 0.469 bits per heavy atom. The van der Waals surface area contributed by atoms with Crippen LogP contribution in [0.3, 0.4) is 0 Å². The van der Waals surface area contributed by atoms with E-state index in [1.807, 2.05) is 139 Å². The van der Waals surface area contributed by atoms with Crippen LogP contribution in [0.2, 0.25) is 58.9 Å². The number of hydrogen-bond acceptors (Lipinski definition) is 13. The quantitative estimate of drug-likeness (QED) is 0.0319. The first-order valence-corrected chi connectivity index (χ1v) is 62.1. The van der Waals surface area contributed by atoms with Crippen molar-refractivity contribution in [3.05, 3.63) is 301 Å². The first-order chi connectivity index (χ1) is 67.7. The minimum atomic E-state index is -1.62. The summed E-state index contributed by atoms with van der Waals surface area (Å²) in [6.07, 6.45) is 22.3. The molecule has 0 saturated heterocycles. The summed E-state index contributed by atoms with van der Waals surface area (Å²) >= 11 is 1.81. The standard InChI is InChI=1S/C29H23N2OSi.C29H23N2SSi.C26H24F2NSi.C24H34O2.C9H16O2.C7H12O2.3Ir/c2*1-33(2,3)19-14-15-26-23(17-19)24(25-12-6-7-16-30-25)18-27(31-26)22-11-8-10-21-20-9-4-5-13-28(20)32-29(21)22;1-16-11-17(2)13-18(12-16)25-15-21(26-22(27)7-6-8-23(26)28)20-14-19(30(3,4)5)9-10-24(20)29-25;1-14(21(25)23-8-15-2-16(9-23)4-17(3-15)10-23)22(26)24-11-18-5-19(12-24)7-20(6-18)13-24;1-6(2)8(10)5-9(11)7(3)4;1-3-6(8)5-7(9)4-2;;;/h2*4-10,12-18H,1-3H3;6-12,14-15H,1-5H3;15-20,25H,2-13H2,1H3;5-7,10H,1-4H3;5,8H,3-4H2,1-2H3;;;/q3*-1;;;;;;. The average molecular weight is 2540 g/mol. The van der Waals surface area contributed by atoms with E-state index in [0.29, 0.717) is 35.6 Å². The molecule has 16 aromatic rings. The zero-order chi connectivity index (χ0) is 101. The van der Waals surface area contributed by atoms with Crippen LogP contribution in [0.15, 0.2) is 264 Å². The van der Waals surface area contributed by atoms with Crippen molar-refractivity contribution in [2.24, 2.45) is 58.2 Å². The molecule has 757 valence electrons. The van der Waals surface area contributed by atoms with Crippen molar-refractivity contribution >= 4 is 143 Å². The van der Waals surface area contributed by atoms with Gasteiger partial charge in [-0.15, -0.1) is 76.9 Å². The maximum absolute atomic E-state index is 14.8. The van der Waals surface area contributed by atoms with E-state index in [1.54, 1.807) is 19.9 Å². The molecule has 0 amide bonds. The number of carbonyl (C=O) groups is 3. The van der Waals surface area contributed by atoms with Crippen molar-refractivity contribution in [1.82, 2.24) is 24.9 Å². The van der Waals surface area contributed by atoms with Gasteiger partial charge in [-0.3, -0.25) is 39.3 Å². The number of thiophene rings is 1. The molecule has 8 bridgehead atoms. The fraction of sp³-hybridized carbons (Fsp3) is 0.339. The van der Waals surface area contributed by atoms with Gasteiger partial charge in [-0.2, -0.15) is 11.3 Å². The number of halogens is 2. The van der Waals surface area contributed by atoms with Crippen molar-refractivity contribution in [1.29, 1.82) is 0 Å². The second-order valence-corrected chi connectivity index (χ2v) is 60.9. The van der Waals surface area contributed by atoms with E-state index in [-0.39, 0.29) is 112 Å². The molecule has 7 heterocycles. The van der Waals surface area contributed by atoms with Gasteiger partial charge in [0.25, 0.3) is 0 Å². The molecule has 8 fully saturated rings. The number of aliphatic hydroxyl groups excluding tert-OH is 3. The Kier molecular flexibility index (Phi) is 34.8. The molecule has 21 heteroatoms. The van der Waals surface area contributed by atoms with Crippen LogP contribution in [0, 0.1) is 102 Å². The summed E-state index contributed by atoms with van der Waals surface area (Å²) in [6.45, 7) is 37.9. The number of aliphatic hydroxyl groups is 3. The van der Waals surface area contributed by atoms with Crippen LogP contribution >= 0.6 is 11.3 Å². The van der Waals surface area contributed by atoms with Crippen LogP contribution in [0.1, 0.15) is 149 Å². The number of ketones is 3. The molecule has 3 radical (unpaired) electrons. The second-order valence-electron chi connectivity index (χ2n) is 44.6. The Morgan fingerprint density at radius 3 is 1.39 bits per heavy atom. The van der Waals surface area contributed by atoms with Gasteiger partial charge in [0.15, 0.2) is 17.3 Å². The van der Waals surface area contributed by atoms with Gasteiger partial charge in [-0.25, -0.2) is 8.78 Å². The van der Waals surface area contributed by atoms with Gasteiger partial charge in [-0.05, 0) is 219 Å². The number of furan rings is 1. The number of aryl methyl sites for hydroxylation is 2. The SMILES string of the molecule is CC(C(=O)C12CC3CC(CC(C3)C1)C2)=C(O)C12CC3CC(CC(C3)C1)C2.CC(C)C(=O)C=C(O)C(C)C.CCC(=O)C=C(O)CC.C[Si](C)(C)c1ccc2nc(-c3[c-]ccc4c3oc3ccccc34)cc(-c3ccccn3)c2c1.C[Si](C)(C)c1ccc2nc(-c3[c-]ccc4c3sc3ccccc34)cc(-c3ccccn3)c2c1.Cc1[c-]c(-c2cc(-c3c(F)cccc3F)c3cc([Si](C)(C)C)ccc3n2)cc(C)c1.[Ir].[Ir].[Ir]. The molecule has 8 aliphatic rings. The number of hydrogen-bond donors (Lipinski definition) is 3. The number of allylic oxidation sites excluding steroid dienone is 6. The first kappa shape index (κ1) is 110. The number of benzene rings is 9. The van der Waals surface area contributed by atoms with Crippen molar-refractivity contribution in [2.75, 3.05) is 0 Å². The Morgan fingerprint density at radius 2 is 0.917 bits per heavy atom. The zero-order valence-electron chi connectivity index (χ0n) is 86.4. The fourth-order valence-electron chi connectivity index (χ4n) is 23.3. The van der Waals surface area contributed by atoms with Crippen molar-refractivity contribution in [2.45, 2.75) is 211 Å². The minimum absolute atomic E-state index is 0. The number of carbonyl (C=O) groups excluding carboxylic acids is 3. The monoisotopic (exact) mass is 2540 g/mol. The van der Waals surface area contributed by atoms with E-state index in [1.165, 1.54) is 110 Å². The van der Waals surface area contributed by atoms with E-state index in [9.17, 15) is 33.4 Å². The molecular formula is C124H132F2Ir3N5O7SSi3-3. The van der Waals surface area contributed by atoms with Crippen molar-refractivity contribution in [3.63, 3.8) is 0 Å². The van der Waals surface area contributed by atoms with Gasteiger partial charge in [0.2, 0.25) is 0 Å². The van der Waals surface area contributed by atoms with Crippen LogP contribution < -0.4 is 15.6 Å². The summed E-state index contributed by atoms with van der Waals surface area (Å²) in [7, 11) is -4.55. The van der Waals surface area contributed by atoms with Crippen LogP contribution in [-0.4, -0.2) is 81.8 Å². The van der Waals surface area contributed by atoms with Gasteiger partial charge < -0.3 is 19.7 Å². The molecule has 8 saturated carbocycles. The van der Waals surface area contributed by atoms with Gasteiger partial charge >= 0.3 is 0 Å². The van der Waals surface area contributed by atoms with E-state index < -0.39 is 35.9 Å². The molecular weight excluding hydrogens is 2400 g/mol. The van der Waals surface area contributed by atoms with Gasteiger partial charge in [0, 0.05) is 163 Å². The topological polar surface area (TPSA) is 189 Å². The number of Topliss-reactive ketones (excluding diaryl/α,β-unsaturated/α-hetero) is 1. The molecule has 0 unspecified atom stereocenters. The van der Waals surface area contributed by atoms with Crippen molar-refractivity contribution in [3.8, 4) is 67.4 Å². The minimum Gasteiger partial charge on any atom is -0.512 e. The van der Waals surface area contributed by atoms with Gasteiger partial charge in [-0.1, -0.05) is 255 Å². The Labute approximate surface area is 901 Å².